The molecular formula is C30H24FN3O4. The number of Topliss-reactive ketones (excluding diaryl/α,β-unsaturated/α-hetero) is 1. The van der Waals surface area contributed by atoms with Crippen molar-refractivity contribution in [1.29, 1.82) is 0 Å². The van der Waals surface area contributed by atoms with E-state index < -0.39 is 11.2 Å². The van der Waals surface area contributed by atoms with E-state index in [4.69, 9.17) is 9.47 Å². The molecule has 38 heavy (non-hydrogen) atoms. The van der Waals surface area contributed by atoms with Crippen molar-refractivity contribution in [1.82, 2.24) is 14.5 Å². The number of pyridine rings is 3. The molecule has 2 aromatic carbocycles. The summed E-state index contributed by atoms with van der Waals surface area (Å²) in [5.74, 6) is 1.02. The number of aryl methyl sites for hydroxylation is 1. The largest absolute Gasteiger partial charge is 0.497 e. The summed E-state index contributed by atoms with van der Waals surface area (Å²) in [5, 5.41) is 0.791. The van der Waals surface area contributed by atoms with Crippen LogP contribution in [0.15, 0.2) is 90.2 Å². The normalized spacial score (nSPS) is 10.9. The first-order valence-electron chi connectivity index (χ1n) is 12.0. The minimum absolute atomic E-state index is 0.0541. The van der Waals surface area contributed by atoms with E-state index in [2.05, 4.69) is 9.97 Å². The zero-order valence-electron chi connectivity index (χ0n) is 20.8. The Labute approximate surface area is 218 Å². The van der Waals surface area contributed by atoms with Crippen LogP contribution >= 0.6 is 0 Å². The first-order chi connectivity index (χ1) is 18.4. The van der Waals surface area contributed by atoms with Gasteiger partial charge in [0.2, 0.25) is 0 Å². The van der Waals surface area contributed by atoms with E-state index in [-0.39, 0.29) is 17.8 Å². The molecule has 5 rings (SSSR count). The Hall–Kier alpha value is -4.85. The Morgan fingerprint density at radius 2 is 1.76 bits per heavy atom. The standard InChI is InChI=1S/C30H24FN3O4/c1-3-34-17-25(19-4-6-20(31)7-5-19)30(36)26(18-34)28(35)14-21-8-9-23(16-33-21)38-29-12-13-32-27-11-10-22(37-2)15-24(27)29/h4-13,15-18H,3,14H2,1-2H3. The highest BCUT2D eigenvalue weighted by Gasteiger charge is 2.17. The lowest BCUT2D eigenvalue weighted by Gasteiger charge is -2.11. The Balaban J connectivity index is 1.37. The van der Waals surface area contributed by atoms with Crippen LogP contribution < -0.4 is 14.9 Å². The summed E-state index contributed by atoms with van der Waals surface area (Å²) in [6.07, 6.45) is 6.37. The summed E-state index contributed by atoms with van der Waals surface area (Å²) in [5.41, 5.74) is 1.82. The van der Waals surface area contributed by atoms with E-state index in [1.807, 2.05) is 25.1 Å². The maximum atomic E-state index is 13.4. The van der Waals surface area contributed by atoms with Crippen LogP contribution in [0.1, 0.15) is 23.0 Å². The van der Waals surface area contributed by atoms with Crippen molar-refractivity contribution in [3.63, 3.8) is 0 Å². The number of hydrogen-bond donors (Lipinski definition) is 0. The van der Waals surface area contributed by atoms with Gasteiger partial charge in [0.05, 0.1) is 30.8 Å². The number of methoxy groups -OCH3 is 1. The Morgan fingerprint density at radius 3 is 2.47 bits per heavy atom. The summed E-state index contributed by atoms with van der Waals surface area (Å²) >= 11 is 0. The Kier molecular flexibility index (Phi) is 6.95. The molecule has 0 aliphatic rings. The highest BCUT2D eigenvalue weighted by Crippen LogP contribution is 2.31. The molecule has 0 amide bonds. The topological polar surface area (TPSA) is 83.3 Å². The molecule has 5 aromatic rings. The number of carbonyl (C=O) groups excluding carboxylic acids is 1. The number of ether oxygens (including phenoxy) is 2. The number of carbonyl (C=O) groups is 1. The fourth-order valence-corrected chi connectivity index (χ4v) is 4.13. The zero-order chi connectivity index (χ0) is 26.6. The molecule has 0 N–H and O–H groups in total. The number of hydrogen-bond acceptors (Lipinski definition) is 6. The summed E-state index contributed by atoms with van der Waals surface area (Å²) in [7, 11) is 1.60. The van der Waals surface area contributed by atoms with Gasteiger partial charge < -0.3 is 14.0 Å². The molecule has 7 nitrogen and oxygen atoms in total. The molecule has 3 aromatic heterocycles. The lowest BCUT2D eigenvalue weighted by atomic mass is 10.0. The van der Waals surface area contributed by atoms with Crippen molar-refractivity contribution in [3.8, 4) is 28.4 Å². The Bertz CT molecular complexity index is 1680. The summed E-state index contributed by atoms with van der Waals surface area (Å²) in [6, 6.07) is 16.3. The van der Waals surface area contributed by atoms with Crippen molar-refractivity contribution >= 4 is 16.7 Å². The number of aromatic nitrogens is 3. The fourth-order valence-electron chi connectivity index (χ4n) is 4.13. The zero-order valence-corrected chi connectivity index (χ0v) is 20.8. The average Bonchev–Trinajstić information content (AvgIpc) is 2.94. The second kappa shape index (κ2) is 10.6. The molecule has 8 heteroatoms. The van der Waals surface area contributed by atoms with E-state index in [1.54, 1.807) is 48.5 Å². The number of ketones is 1. The highest BCUT2D eigenvalue weighted by molar-refractivity contribution is 5.98. The smallest absolute Gasteiger partial charge is 0.200 e. The van der Waals surface area contributed by atoms with Gasteiger partial charge in [-0.1, -0.05) is 12.1 Å². The minimum Gasteiger partial charge on any atom is -0.497 e. The molecule has 0 aliphatic heterocycles. The molecule has 0 fully saturated rings. The molecule has 0 aliphatic carbocycles. The van der Waals surface area contributed by atoms with Crippen molar-refractivity contribution in [2.45, 2.75) is 19.9 Å². The molecule has 0 radical (unpaired) electrons. The van der Waals surface area contributed by atoms with Crippen LogP contribution in [-0.4, -0.2) is 27.4 Å². The molecule has 0 saturated heterocycles. The second-order valence-corrected chi connectivity index (χ2v) is 8.63. The summed E-state index contributed by atoms with van der Waals surface area (Å²) < 4.78 is 26.5. The van der Waals surface area contributed by atoms with Gasteiger partial charge in [-0.3, -0.25) is 19.6 Å². The fraction of sp³-hybridized carbons (Fsp3) is 0.133. The molecule has 0 saturated carbocycles. The number of rotatable bonds is 8. The van der Waals surface area contributed by atoms with Crippen LogP contribution in [0.25, 0.3) is 22.0 Å². The van der Waals surface area contributed by atoms with E-state index in [9.17, 15) is 14.0 Å². The molecule has 0 bridgehead atoms. The second-order valence-electron chi connectivity index (χ2n) is 8.63. The summed E-state index contributed by atoms with van der Waals surface area (Å²) in [4.78, 5) is 35.1. The third kappa shape index (κ3) is 5.15. The number of fused-ring (bicyclic) bond motifs is 1. The van der Waals surface area contributed by atoms with Gasteiger partial charge in [-0.2, -0.15) is 0 Å². The third-order valence-electron chi connectivity index (χ3n) is 6.18. The van der Waals surface area contributed by atoms with E-state index >= 15 is 0 Å². The van der Waals surface area contributed by atoms with Crippen molar-refractivity contribution in [2.24, 2.45) is 0 Å². The van der Waals surface area contributed by atoms with Gasteiger partial charge in [-0.05, 0) is 61.0 Å². The minimum atomic E-state index is -0.397. The lowest BCUT2D eigenvalue weighted by molar-refractivity contribution is 0.0990. The maximum absolute atomic E-state index is 13.4. The van der Waals surface area contributed by atoms with Gasteiger partial charge in [-0.15, -0.1) is 0 Å². The predicted molar refractivity (Wildman–Crippen MR) is 142 cm³/mol. The first-order valence-corrected chi connectivity index (χ1v) is 12.0. The van der Waals surface area contributed by atoms with E-state index in [0.717, 1.165) is 10.9 Å². The first kappa shape index (κ1) is 24.8. The van der Waals surface area contributed by atoms with Crippen LogP contribution in [0, 0.1) is 5.82 Å². The number of halogens is 1. The maximum Gasteiger partial charge on any atom is 0.200 e. The van der Waals surface area contributed by atoms with Gasteiger partial charge in [0.15, 0.2) is 11.2 Å². The number of benzene rings is 2. The quantitative estimate of drug-likeness (QED) is 0.244. The van der Waals surface area contributed by atoms with Crippen LogP contribution in [0.5, 0.6) is 17.2 Å². The van der Waals surface area contributed by atoms with Crippen LogP contribution in [0.2, 0.25) is 0 Å². The monoisotopic (exact) mass is 509 g/mol. The number of nitrogens with zero attached hydrogens (tertiary/aromatic N) is 3. The third-order valence-corrected chi connectivity index (χ3v) is 6.18. The van der Waals surface area contributed by atoms with Crippen LogP contribution in [0.4, 0.5) is 4.39 Å². The lowest BCUT2D eigenvalue weighted by Crippen LogP contribution is -2.21. The predicted octanol–water partition coefficient (Wildman–Crippen LogP) is 5.84. The van der Waals surface area contributed by atoms with E-state index in [0.29, 0.717) is 40.6 Å². The van der Waals surface area contributed by atoms with Crippen LogP contribution in [-0.2, 0) is 13.0 Å². The molecule has 0 unspecified atom stereocenters. The molecular weight excluding hydrogens is 485 g/mol. The molecule has 3 heterocycles. The molecule has 0 spiro atoms. The van der Waals surface area contributed by atoms with Crippen molar-refractivity contribution in [3.05, 3.63) is 113 Å². The Morgan fingerprint density at radius 1 is 0.974 bits per heavy atom. The molecule has 0 atom stereocenters. The van der Waals surface area contributed by atoms with Crippen molar-refractivity contribution < 1.29 is 18.7 Å². The molecule has 190 valence electrons. The van der Waals surface area contributed by atoms with Crippen molar-refractivity contribution in [2.75, 3.05) is 7.11 Å². The van der Waals surface area contributed by atoms with Crippen LogP contribution in [0.3, 0.4) is 0 Å². The van der Waals surface area contributed by atoms with Gasteiger partial charge in [0, 0.05) is 41.8 Å². The average molecular weight is 510 g/mol. The van der Waals surface area contributed by atoms with Gasteiger partial charge in [-0.25, -0.2) is 4.39 Å². The highest BCUT2D eigenvalue weighted by atomic mass is 19.1. The van der Waals surface area contributed by atoms with Gasteiger partial charge in [0.25, 0.3) is 0 Å². The van der Waals surface area contributed by atoms with E-state index in [1.165, 1.54) is 30.5 Å². The SMILES string of the molecule is CCn1cc(C(=O)Cc2ccc(Oc3ccnc4ccc(OC)cc34)cn2)c(=O)c(-c2ccc(F)cc2)c1. The van der Waals surface area contributed by atoms with Gasteiger partial charge in [0.1, 0.15) is 23.1 Å². The summed E-state index contributed by atoms with van der Waals surface area (Å²) in [6.45, 7) is 2.48. The van der Waals surface area contributed by atoms with Gasteiger partial charge >= 0.3 is 0 Å².